The molecule has 0 aliphatic heterocycles. The van der Waals surface area contributed by atoms with Gasteiger partial charge in [-0.05, 0) is 31.7 Å². The number of carboxylic acids is 1. The summed E-state index contributed by atoms with van der Waals surface area (Å²) in [6.07, 6.45) is 4.15. The van der Waals surface area contributed by atoms with E-state index < -0.39 is 14.0 Å². The van der Waals surface area contributed by atoms with E-state index in [1.807, 2.05) is 0 Å². The van der Waals surface area contributed by atoms with Crippen molar-refractivity contribution < 1.29 is 24.2 Å². The fourth-order valence-corrected chi connectivity index (χ4v) is 2.56. The first-order chi connectivity index (χ1) is 10.3. The van der Waals surface area contributed by atoms with Crippen LogP contribution in [0.3, 0.4) is 0 Å². The van der Waals surface area contributed by atoms with Gasteiger partial charge in [0.2, 0.25) is 0 Å². The van der Waals surface area contributed by atoms with E-state index in [1.54, 1.807) is 0 Å². The zero-order chi connectivity index (χ0) is 16.8. The molecule has 0 aromatic rings. The highest BCUT2D eigenvalue weighted by Gasteiger charge is 2.11. The molecule has 0 saturated carbocycles. The second kappa shape index (κ2) is 12.8. The molecule has 1 N–H and O–H groups in total. The Morgan fingerprint density at radius 2 is 1.41 bits per heavy atom. The predicted molar refractivity (Wildman–Crippen MR) is 89.9 cm³/mol. The van der Waals surface area contributed by atoms with E-state index in [-0.39, 0.29) is 12.2 Å². The number of unbranched alkanes of at least 4 members (excludes halogenated alkanes) is 2. The Labute approximate surface area is 135 Å². The number of rotatable bonds is 15. The fourth-order valence-electron chi connectivity index (χ4n) is 1.80. The van der Waals surface area contributed by atoms with E-state index in [0.29, 0.717) is 39.1 Å². The molecule has 0 saturated heterocycles. The van der Waals surface area contributed by atoms with Crippen molar-refractivity contribution in [1.82, 2.24) is 0 Å². The van der Waals surface area contributed by atoms with E-state index >= 15 is 0 Å². The first-order valence-electron chi connectivity index (χ1n) is 8.20. The fraction of sp³-hybridized carbons (Fsp3) is 0.875. The summed E-state index contributed by atoms with van der Waals surface area (Å²) in [5, 5.41) is 8.49. The van der Waals surface area contributed by atoms with E-state index in [2.05, 4.69) is 19.6 Å². The second-order valence-electron chi connectivity index (χ2n) is 6.84. The average molecular weight is 333 g/mol. The number of aliphatic carboxylic acids is 1. The van der Waals surface area contributed by atoms with Gasteiger partial charge in [-0.3, -0.25) is 9.59 Å². The molecule has 0 atom stereocenters. The number of carbonyl (C=O) groups excluding carboxylic acids is 1. The van der Waals surface area contributed by atoms with Crippen LogP contribution in [0, 0.1) is 0 Å². The highest BCUT2D eigenvalue weighted by Crippen LogP contribution is 2.08. The van der Waals surface area contributed by atoms with Crippen molar-refractivity contribution in [1.29, 1.82) is 0 Å². The van der Waals surface area contributed by atoms with Crippen molar-refractivity contribution in [2.75, 3.05) is 20.0 Å². The smallest absolute Gasteiger partial charge is 0.303 e. The zero-order valence-electron chi connectivity index (χ0n) is 14.4. The Morgan fingerprint density at radius 1 is 0.864 bits per heavy atom. The summed E-state index contributed by atoms with van der Waals surface area (Å²) >= 11 is 0. The quantitative estimate of drug-likeness (QED) is 0.281. The van der Waals surface area contributed by atoms with E-state index in [4.69, 9.17) is 14.6 Å². The lowest BCUT2D eigenvalue weighted by molar-refractivity contribution is -0.137. The van der Waals surface area contributed by atoms with Gasteiger partial charge in [0.25, 0.3) is 0 Å². The lowest BCUT2D eigenvalue weighted by atomic mass is 10.1. The lowest BCUT2D eigenvalue weighted by Crippen LogP contribution is -2.22. The minimum absolute atomic E-state index is 0.152. The van der Waals surface area contributed by atoms with Gasteiger partial charge in [-0.1, -0.05) is 19.6 Å². The first-order valence-corrected chi connectivity index (χ1v) is 11.9. The van der Waals surface area contributed by atoms with Gasteiger partial charge < -0.3 is 14.6 Å². The Hall–Kier alpha value is -0.723. The molecule has 0 heterocycles. The van der Waals surface area contributed by atoms with Gasteiger partial charge in [0.1, 0.15) is 12.6 Å². The number of carbonyl (C=O) groups is 2. The van der Waals surface area contributed by atoms with Crippen LogP contribution < -0.4 is 0 Å². The van der Waals surface area contributed by atoms with Crippen LogP contribution in [0.25, 0.3) is 0 Å². The van der Waals surface area contributed by atoms with Crippen molar-refractivity contribution in [3.63, 3.8) is 0 Å². The molecule has 0 unspecified atom stereocenters. The summed E-state index contributed by atoms with van der Waals surface area (Å²) in [7, 11) is -1.02. The molecule has 5 nitrogen and oxygen atoms in total. The highest BCUT2D eigenvalue weighted by molar-refractivity contribution is 6.76. The van der Waals surface area contributed by atoms with Gasteiger partial charge in [-0.2, -0.15) is 0 Å². The molecule has 0 rings (SSSR count). The zero-order valence-corrected chi connectivity index (χ0v) is 15.4. The molecular formula is C16H32O5Si. The van der Waals surface area contributed by atoms with Gasteiger partial charge in [0.15, 0.2) is 0 Å². The van der Waals surface area contributed by atoms with Crippen molar-refractivity contribution in [2.45, 2.75) is 70.6 Å². The monoisotopic (exact) mass is 332 g/mol. The minimum Gasteiger partial charge on any atom is -0.481 e. The van der Waals surface area contributed by atoms with Crippen LogP contribution in [-0.2, 0) is 19.1 Å². The minimum atomic E-state index is -1.02. The Balaban J connectivity index is 3.25. The summed E-state index contributed by atoms with van der Waals surface area (Å²) in [6.45, 7) is 8.68. The van der Waals surface area contributed by atoms with Gasteiger partial charge in [-0.25, -0.2) is 0 Å². The highest BCUT2D eigenvalue weighted by atomic mass is 28.3. The number of ether oxygens (including phenoxy) is 2. The van der Waals surface area contributed by atoms with E-state index in [1.165, 1.54) is 0 Å². The molecule has 0 aliphatic rings. The molecule has 6 heteroatoms. The predicted octanol–water partition coefficient (Wildman–Crippen LogP) is 3.70. The molecule has 22 heavy (non-hydrogen) atoms. The van der Waals surface area contributed by atoms with Crippen molar-refractivity contribution >= 4 is 19.8 Å². The molecule has 130 valence electrons. The molecule has 0 spiro atoms. The number of carboxylic acid groups (broad SMARTS) is 1. The summed E-state index contributed by atoms with van der Waals surface area (Å²) < 4.78 is 10.8. The Bertz CT molecular complexity index is 312. The second-order valence-corrected chi connectivity index (χ2v) is 12.5. The van der Waals surface area contributed by atoms with Gasteiger partial charge >= 0.3 is 5.97 Å². The van der Waals surface area contributed by atoms with Gasteiger partial charge in [0, 0.05) is 40.6 Å². The Kier molecular flexibility index (Phi) is 12.4. The SMILES string of the molecule is C[Si](C)(C)CCOCOCCCCC(=O)CCCCC(=O)O. The maximum atomic E-state index is 11.5. The van der Waals surface area contributed by atoms with Crippen LogP contribution in [0.15, 0.2) is 0 Å². The summed E-state index contributed by atoms with van der Waals surface area (Å²) in [5.41, 5.74) is 0. The van der Waals surface area contributed by atoms with Crippen LogP contribution in [0.5, 0.6) is 0 Å². The van der Waals surface area contributed by atoms with Crippen molar-refractivity contribution in [3.8, 4) is 0 Å². The summed E-state index contributed by atoms with van der Waals surface area (Å²) in [5.74, 6) is -0.576. The average Bonchev–Trinajstić information content (AvgIpc) is 2.40. The van der Waals surface area contributed by atoms with Crippen LogP contribution in [0.2, 0.25) is 25.7 Å². The van der Waals surface area contributed by atoms with Crippen LogP contribution in [0.1, 0.15) is 44.9 Å². The molecule has 0 aliphatic carbocycles. The third kappa shape index (κ3) is 17.3. The van der Waals surface area contributed by atoms with E-state index in [9.17, 15) is 9.59 Å². The maximum Gasteiger partial charge on any atom is 0.303 e. The van der Waals surface area contributed by atoms with E-state index in [0.717, 1.165) is 25.5 Å². The first kappa shape index (κ1) is 21.3. The molecule has 0 bridgehead atoms. The maximum absolute atomic E-state index is 11.5. The molecule has 0 fully saturated rings. The topological polar surface area (TPSA) is 72.8 Å². The third-order valence-electron chi connectivity index (χ3n) is 3.25. The third-order valence-corrected chi connectivity index (χ3v) is 4.96. The van der Waals surface area contributed by atoms with Crippen LogP contribution in [-0.4, -0.2) is 44.9 Å². The van der Waals surface area contributed by atoms with Crippen LogP contribution in [0.4, 0.5) is 0 Å². The normalized spacial score (nSPS) is 11.6. The molecule has 0 aromatic heterocycles. The molecule has 0 amide bonds. The molecule has 0 aromatic carbocycles. The largest absolute Gasteiger partial charge is 0.481 e. The van der Waals surface area contributed by atoms with Crippen molar-refractivity contribution in [2.24, 2.45) is 0 Å². The molecule has 0 radical (unpaired) electrons. The number of ketones is 1. The number of hydrogen-bond acceptors (Lipinski definition) is 4. The standard InChI is InChI=1S/C16H32O5Si/c1-22(2,3)13-12-21-14-20-11-7-6-9-15(17)8-4-5-10-16(18)19/h4-14H2,1-3H3,(H,18,19). The number of hydrogen-bond donors (Lipinski definition) is 1. The van der Waals surface area contributed by atoms with Gasteiger partial charge in [-0.15, -0.1) is 0 Å². The van der Waals surface area contributed by atoms with Gasteiger partial charge in [0.05, 0.1) is 0 Å². The summed E-state index contributed by atoms with van der Waals surface area (Å²) in [6, 6.07) is 1.15. The molecular weight excluding hydrogens is 300 g/mol. The number of Topliss-reactive ketones (excluding diaryl/α,β-unsaturated/α-hetero) is 1. The van der Waals surface area contributed by atoms with Crippen molar-refractivity contribution in [3.05, 3.63) is 0 Å². The summed E-state index contributed by atoms with van der Waals surface area (Å²) in [4.78, 5) is 21.9. The Morgan fingerprint density at radius 3 is 2.00 bits per heavy atom. The van der Waals surface area contributed by atoms with Crippen LogP contribution >= 0.6 is 0 Å². The lowest BCUT2D eigenvalue weighted by Gasteiger charge is -2.15.